The van der Waals surface area contributed by atoms with Crippen LogP contribution in [-0.4, -0.2) is 0 Å². The van der Waals surface area contributed by atoms with Crippen LogP contribution in [0.4, 0.5) is 11.4 Å². The van der Waals surface area contributed by atoms with Crippen LogP contribution in [0.1, 0.15) is 33.3 Å². The van der Waals surface area contributed by atoms with E-state index in [0.29, 0.717) is 0 Å². The van der Waals surface area contributed by atoms with Crippen molar-refractivity contribution in [2.45, 2.75) is 34.2 Å². The summed E-state index contributed by atoms with van der Waals surface area (Å²) in [6, 6.07) is 18.0. The van der Waals surface area contributed by atoms with Crippen LogP contribution in [0.15, 0.2) is 54.6 Å². The summed E-state index contributed by atoms with van der Waals surface area (Å²) in [5, 5.41) is 3.30. The van der Waals surface area contributed by atoms with Gasteiger partial charge in [-0.1, -0.05) is 70.2 Å². The van der Waals surface area contributed by atoms with Gasteiger partial charge in [-0.05, 0) is 17.7 Å². The molecule has 0 atom stereocenters. The molecule has 0 amide bonds. The fourth-order valence-electron chi connectivity index (χ4n) is 1.45. The van der Waals surface area contributed by atoms with Crippen LogP contribution in [0.5, 0.6) is 0 Å². The molecule has 0 aliphatic carbocycles. The smallest absolute Gasteiger partial charge is 0.0576 e. The highest BCUT2D eigenvalue weighted by Crippen LogP contribution is 2.17. The van der Waals surface area contributed by atoms with Crippen molar-refractivity contribution in [1.82, 2.24) is 0 Å². The number of hydrogen-bond donors (Lipinski definition) is 2. The molecule has 0 aliphatic heterocycles. The van der Waals surface area contributed by atoms with E-state index in [1.165, 1.54) is 5.56 Å². The van der Waals surface area contributed by atoms with Crippen molar-refractivity contribution in [3.05, 3.63) is 60.2 Å². The van der Waals surface area contributed by atoms with Gasteiger partial charge in [0.1, 0.15) is 0 Å². The topological polar surface area (TPSA) is 38.0 Å². The van der Waals surface area contributed by atoms with Crippen molar-refractivity contribution in [3.63, 3.8) is 0 Å². The van der Waals surface area contributed by atoms with Gasteiger partial charge >= 0.3 is 0 Å². The third-order valence-corrected chi connectivity index (χ3v) is 2.29. The fourth-order valence-corrected chi connectivity index (χ4v) is 1.45. The minimum Gasteiger partial charge on any atom is -0.397 e. The van der Waals surface area contributed by atoms with Crippen molar-refractivity contribution in [2.24, 2.45) is 0 Å². The molecule has 0 aromatic heterocycles. The number of rotatable bonds is 3. The summed E-state index contributed by atoms with van der Waals surface area (Å²) in [6.07, 6.45) is 0. The lowest BCUT2D eigenvalue weighted by molar-refractivity contribution is 1.15. The van der Waals surface area contributed by atoms with Gasteiger partial charge in [0.15, 0.2) is 0 Å². The predicted octanol–water partition coefficient (Wildman–Crippen LogP) is 4.93. The molecule has 0 aliphatic rings. The first-order valence-corrected chi connectivity index (χ1v) is 6.98. The quantitative estimate of drug-likeness (QED) is 0.766. The molecule has 0 fully saturated rings. The van der Waals surface area contributed by atoms with Crippen molar-refractivity contribution in [1.29, 1.82) is 0 Å². The van der Waals surface area contributed by atoms with Crippen molar-refractivity contribution < 1.29 is 0 Å². The monoisotopic (exact) mass is 258 g/mol. The summed E-state index contributed by atoms with van der Waals surface area (Å²) in [5.41, 5.74) is 8.85. The average Bonchev–Trinajstić information content (AvgIpc) is 2.52. The van der Waals surface area contributed by atoms with Crippen LogP contribution < -0.4 is 11.1 Å². The predicted molar refractivity (Wildman–Crippen MR) is 87.3 cm³/mol. The van der Waals surface area contributed by atoms with Crippen LogP contribution in [0.2, 0.25) is 0 Å². The molecule has 2 nitrogen and oxygen atoms in total. The lowest BCUT2D eigenvalue weighted by Gasteiger charge is -2.08. The maximum absolute atomic E-state index is 5.82. The number of nitrogens with one attached hydrogen (secondary N) is 1. The summed E-state index contributed by atoms with van der Waals surface area (Å²) >= 11 is 0. The standard InChI is InChI=1S/C13H14N2.2C2H6/c14-12-8-4-5-9-13(12)15-10-11-6-2-1-3-7-11;2*1-2/h1-9,15H,10,14H2;2*1-2H3. The van der Waals surface area contributed by atoms with E-state index in [1.807, 2.05) is 70.2 Å². The zero-order valence-electron chi connectivity index (χ0n) is 12.5. The Bertz CT molecular complexity index is 424. The first-order chi connectivity index (χ1) is 9.36. The third-order valence-electron chi connectivity index (χ3n) is 2.29. The summed E-state index contributed by atoms with van der Waals surface area (Å²) in [7, 11) is 0. The van der Waals surface area contributed by atoms with E-state index in [0.717, 1.165) is 17.9 Å². The summed E-state index contributed by atoms with van der Waals surface area (Å²) < 4.78 is 0. The average molecular weight is 258 g/mol. The molecular weight excluding hydrogens is 232 g/mol. The molecule has 0 spiro atoms. The highest BCUT2D eigenvalue weighted by atomic mass is 14.9. The fraction of sp³-hybridized carbons (Fsp3) is 0.294. The van der Waals surface area contributed by atoms with Crippen molar-refractivity contribution >= 4 is 11.4 Å². The zero-order chi connectivity index (χ0) is 14.5. The maximum Gasteiger partial charge on any atom is 0.0576 e. The summed E-state index contributed by atoms with van der Waals surface area (Å²) in [6.45, 7) is 8.80. The Morgan fingerprint density at radius 3 is 1.89 bits per heavy atom. The minimum absolute atomic E-state index is 0.786. The van der Waals surface area contributed by atoms with Gasteiger partial charge in [0, 0.05) is 6.54 Å². The molecule has 2 aromatic rings. The van der Waals surface area contributed by atoms with Gasteiger partial charge < -0.3 is 11.1 Å². The number of hydrogen-bond acceptors (Lipinski definition) is 2. The van der Waals surface area contributed by atoms with Gasteiger partial charge in [-0.2, -0.15) is 0 Å². The van der Waals surface area contributed by atoms with E-state index in [2.05, 4.69) is 17.4 Å². The largest absolute Gasteiger partial charge is 0.397 e. The maximum atomic E-state index is 5.82. The van der Waals surface area contributed by atoms with Crippen molar-refractivity contribution in [3.8, 4) is 0 Å². The molecule has 0 saturated carbocycles. The highest BCUT2D eigenvalue weighted by molar-refractivity contribution is 5.65. The Labute approximate surface area is 117 Å². The number of para-hydroxylation sites is 2. The number of nitrogens with two attached hydrogens (primary N) is 1. The highest BCUT2D eigenvalue weighted by Gasteiger charge is 1.96. The SMILES string of the molecule is CC.CC.Nc1ccccc1NCc1ccccc1. The molecule has 2 heteroatoms. The van der Waals surface area contributed by atoms with E-state index in [1.54, 1.807) is 0 Å². The zero-order valence-corrected chi connectivity index (χ0v) is 12.5. The molecule has 0 bridgehead atoms. The Hall–Kier alpha value is -1.96. The number of nitrogen functional groups attached to an aromatic ring is 1. The van der Waals surface area contributed by atoms with E-state index in [-0.39, 0.29) is 0 Å². The van der Waals surface area contributed by atoms with E-state index < -0.39 is 0 Å². The number of benzene rings is 2. The molecule has 2 rings (SSSR count). The minimum atomic E-state index is 0.786. The Kier molecular flexibility index (Phi) is 10.00. The van der Waals surface area contributed by atoms with Gasteiger partial charge in [-0.25, -0.2) is 0 Å². The Morgan fingerprint density at radius 1 is 0.789 bits per heavy atom. The van der Waals surface area contributed by atoms with Crippen LogP contribution in [0, 0.1) is 0 Å². The third kappa shape index (κ3) is 6.51. The van der Waals surface area contributed by atoms with Crippen LogP contribution in [0.25, 0.3) is 0 Å². The Morgan fingerprint density at radius 2 is 1.32 bits per heavy atom. The van der Waals surface area contributed by atoms with Crippen molar-refractivity contribution in [2.75, 3.05) is 11.1 Å². The summed E-state index contributed by atoms with van der Waals surface area (Å²) in [4.78, 5) is 0. The van der Waals surface area contributed by atoms with E-state index >= 15 is 0 Å². The molecule has 0 radical (unpaired) electrons. The van der Waals surface area contributed by atoms with Gasteiger partial charge in [-0.3, -0.25) is 0 Å². The van der Waals surface area contributed by atoms with Gasteiger partial charge in [0.25, 0.3) is 0 Å². The molecule has 0 heterocycles. The molecule has 19 heavy (non-hydrogen) atoms. The second-order valence-corrected chi connectivity index (χ2v) is 3.43. The second kappa shape index (κ2) is 11.1. The molecule has 104 valence electrons. The molecule has 0 saturated heterocycles. The van der Waals surface area contributed by atoms with E-state index in [9.17, 15) is 0 Å². The van der Waals surface area contributed by atoms with Crippen LogP contribution >= 0.6 is 0 Å². The first kappa shape index (κ1) is 17.0. The molecule has 3 N–H and O–H groups in total. The normalized spacial score (nSPS) is 8.42. The summed E-state index contributed by atoms with van der Waals surface area (Å²) in [5.74, 6) is 0. The first-order valence-electron chi connectivity index (χ1n) is 6.98. The molecule has 2 aromatic carbocycles. The van der Waals surface area contributed by atoms with Crippen LogP contribution in [-0.2, 0) is 6.54 Å². The lowest BCUT2D eigenvalue weighted by Crippen LogP contribution is -2.01. The van der Waals surface area contributed by atoms with Gasteiger partial charge in [0.05, 0.1) is 11.4 Å². The lowest BCUT2D eigenvalue weighted by atomic mass is 10.2. The van der Waals surface area contributed by atoms with Gasteiger partial charge in [0.2, 0.25) is 0 Å². The van der Waals surface area contributed by atoms with Gasteiger partial charge in [-0.15, -0.1) is 0 Å². The molecular formula is C17H26N2. The number of anilines is 2. The second-order valence-electron chi connectivity index (χ2n) is 3.43. The van der Waals surface area contributed by atoms with E-state index in [4.69, 9.17) is 5.73 Å². The van der Waals surface area contributed by atoms with Crippen LogP contribution in [0.3, 0.4) is 0 Å². The molecule has 0 unspecified atom stereocenters. The Balaban J connectivity index is 0.000000741.